The summed E-state index contributed by atoms with van der Waals surface area (Å²) in [6, 6.07) is 1.58. The lowest BCUT2D eigenvalue weighted by Gasteiger charge is -2.04. The van der Waals surface area contributed by atoms with Crippen LogP contribution < -0.4 is 0 Å². The van der Waals surface area contributed by atoms with Gasteiger partial charge < -0.3 is 0 Å². The Labute approximate surface area is 74.8 Å². The number of halogens is 2. The van der Waals surface area contributed by atoms with Gasteiger partial charge >= 0.3 is 0 Å². The molecule has 0 bridgehead atoms. The molecule has 2 nitrogen and oxygen atoms in total. The molecule has 1 aliphatic rings. The molecule has 0 aromatic carbocycles. The van der Waals surface area contributed by atoms with Crippen LogP contribution in [-0.2, 0) is 0 Å². The van der Waals surface area contributed by atoms with Crippen molar-refractivity contribution in [1.82, 2.24) is 9.97 Å². The van der Waals surface area contributed by atoms with Gasteiger partial charge in [-0.2, -0.15) is 0 Å². The smallest absolute Gasteiger partial charge is 0.222 e. The SMILES string of the molecule is FC(c1ccnc(Cl)n1)C1CC1. The molecule has 1 heterocycles. The van der Waals surface area contributed by atoms with Gasteiger partial charge in [0.15, 0.2) is 0 Å². The molecule has 0 radical (unpaired) electrons. The van der Waals surface area contributed by atoms with Crippen LogP contribution in [-0.4, -0.2) is 9.97 Å². The van der Waals surface area contributed by atoms with E-state index < -0.39 is 6.17 Å². The third-order valence-corrected chi connectivity index (χ3v) is 2.15. The van der Waals surface area contributed by atoms with Gasteiger partial charge in [-0.1, -0.05) is 0 Å². The fraction of sp³-hybridized carbons (Fsp3) is 0.500. The van der Waals surface area contributed by atoms with Gasteiger partial charge in [0.25, 0.3) is 0 Å². The molecule has 1 unspecified atom stereocenters. The Bertz CT molecular complexity index is 288. The van der Waals surface area contributed by atoms with E-state index >= 15 is 0 Å². The van der Waals surface area contributed by atoms with Gasteiger partial charge in [0.2, 0.25) is 5.28 Å². The average Bonchev–Trinajstić information content (AvgIpc) is 2.85. The second kappa shape index (κ2) is 2.98. The van der Waals surface area contributed by atoms with Crippen molar-refractivity contribution in [3.63, 3.8) is 0 Å². The zero-order valence-electron chi connectivity index (χ0n) is 6.37. The van der Waals surface area contributed by atoms with Crippen molar-refractivity contribution in [2.45, 2.75) is 19.0 Å². The number of aromatic nitrogens is 2. The zero-order valence-corrected chi connectivity index (χ0v) is 7.13. The highest BCUT2D eigenvalue weighted by Crippen LogP contribution is 2.42. The van der Waals surface area contributed by atoms with Gasteiger partial charge in [-0.25, -0.2) is 14.4 Å². The number of hydrogen-bond donors (Lipinski definition) is 0. The minimum Gasteiger partial charge on any atom is -0.240 e. The number of alkyl halides is 1. The number of nitrogens with zero attached hydrogens (tertiary/aromatic N) is 2. The highest BCUT2D eigenvalue weighted by Gasteiger charge is 2.33. The molecule has 64 valence electrons. The van der Waals surface area contributed by atoms with Gasteiger partial charge in [-0.3, -0.25) is 0 Å². The molecule has 1 atom stereocenters. The normalized spacial score (nSPS) is 19.2. The summed E-state index contributed by atoms with van der Waals surface area (Å²) in [7, 11) is 0. The Morgan fingerprint density at radius 1 is 1.58 bits per heavy atom. The fourth-order valence-corrected chi connectivity index (χ4v) is 1.29. The van der Waals surface area contributed by atoms with Gasteiger partial charge in [-0.15, -0.1) is 0 Å². The third kappa shape index (κ3) is 1.55. The lowest BCUT2D eigenvalue weighted by molar-refractivity contribution is 0.298. The van der Waals surface area contributed by atoms with E-state index in [1.807, 2.05) is 0 Å². The van der Waals surface area contributed by atoms with Crippen LogP contribution in [0.3, 0.4) is 0 Å². The van der Waals surface area contributed by atoms with Crippen molar-refractivity contribution < 1.29 is 4.39 Å². The maximum Gasteiger partial charge on any atom is 0.222 e. The Hall–Kier alpha value is -0.700. The summed E-state index contributed by atoms with van der Waals surface area (Å²) < 4.78 is 13.4. The van der Waals surface area contributed by atoms with Crippen molar-refractivity contribution >= 4 is 11.6 Å². The second-order valence-electron chi connectivity index (χ2n) is 2.99. The molecular formula is C8H8ClFN2. The third-order valence-electron chi connectivity index (χ3n) is 1.97. The highest BCUT2D eigenvalue weighted by molar-refractivity contribution is 6.28. The monoisotopic (exact) mass is 186 g/mol. The van der Waals surface area contributed by atoms with Crippen molar-refractivity contribution in [1.29, 1.82) is 0 Å². The summed E-state index contributed by atoms with van der Waals surface area (Å²) in [6.45, 7) is 0. The molecule has 0 saturated heterocycles. The Morgan fingerprint density at radius 3 is 2.92 bits per heavy atom. The van der Waals surface area contributed by atoms with E-state index in [1.54, 1.807) is 6.07 Å². The van der Waals surface area contributed by atoms with E-state index in [2.05, 4.69) is 9.97 Å². The summed E-state index contributed by atoms with van der Waals surface area (Å²) in [4.78, 5) is 7.50. The molecule has 12 heavy (non-hydrogen) atoms. The largest absolute Gasteiger partial charge is 0.240 e. The summed E-state index contributed by atoms with van der Waals surface area (Å²) in [6.07, 6.45) is 2.45. The molecule has 1 aliphatic carbocycles. The van der Waals surface area contributed by atoms with Gasteiger partial charge in [-0.05, 0) is 36.4 Å². The van der Waals surface area contributed by atoms with Crippen molar-refractivity contribution in [3.8, 4) is 0 Å². The molecule has 2 rings (SSSR count). The lowest BCUT2D eigenvalue weighted by Crippen LogP contribution is -1.98. The predicted molar refractivity (Wildman–Crippen MR) is 43.6 cm³/mol. The molecule has 0 aliphatic heterocycles. The maximum atomic E-state index is 13.4. The van der Waals surface area contributed by atoms with Crippen LogP contribution in [0, 0.1) is 5.92 Å². The van der Waals surface area contributed by atoms with E-state index in [-0.39, 0.29) is 11.2 Å². The van der Waals surface area contributed by atoms with Crippen LogP contribution in [0.5, 0.6) is 0 Å². The molecule has 4 heteroatoms. The molecule has 1 aromatic heterocycles. The van der Waals surface area contributed by atoms with E-state index in [4.69, 9.17) is 11.6 Å². The van der Waals surface area contributed by atoms with Gasteiger partial charge in [0.05, 0.1) is 5.69 Å². The number of hydrogen-bond acceptors (Lipinski definition) is 2. The number of rotatable bonds is 2. The van der Waals surface area contributed by atoms with Crippen LogP contribution in [0.1, 0.15) is 24.7 Å². The molecule has 1 saturated carbocycles. The zero-order chi connectivity index (χ0) is 8.55. The van der Waals surface area contributed by atoms with Crippen LogP contribution >= 0.6 is 11.6 Å². The first-order valence-corrected chi connectivity index (χ1v) is 4.27. The topological polar surface area (TPSA) is 25.8 Å². The van der Waals surface area contributed by atoms with E-state index in [0.717, 1.165) is 12.8 Å². The first-order chi connectivity index (χ1) is 5.77. The van der Waals surface area contributed by atoms with Crippen molar-refractivity contribution in [2.24, 2.45) is 5.92 Å². The molecule has 0 N–H and O–H groups in total. The Balaban J connectivity index is 2.20. The quantitative estimate of drug-likeness (QED) is 0.664. The minimum absolute atomic E-state index is 0.121. The molecular weight excluding hydrogens is 179 g/mol. The first-order valence-electron chi connectivity index (χ1n) is 3.90. The van der Waals surface area contributed by atoms with Crippen LogP contribution in [0.4, 0.5) is 4.39 Å². The predicted octanol–water partition coefficient (Wildman–Crippen LogP) is 2.55. The van der Waals surface area contributed by atoms with Gasteiger partial charge in [0, 0.05) is 6.20 Å². The van der Waals surface area contributed by atoms with Crippen molar-refractivity contribution in [2.75, 3.05) is 0 Å². The molecule has 1 aromatic rings. The second-order valence-corrected chi connectivity index (χ2v) is 3.33. The van der Waals surface area contributed by atoms with E-state index in [9.17, 15) is 4.39 Å². The van der Waals surface area contributed by atoms with Crippen molar-refractivity contribution in [3.05, 3.63) is 23.2 Å². The van der Waals surface area contributed by atoms with Crippen LogP contribution in [0.15, 0.2) is 12.3 Å². The Kier molecular flexibility index (Phi) is 1.97. The summed E-state index contributed by atoms with van der Waals surface area (Å²) in [5.74, 6) is 0.163. The van der Waals surface area contributed by atoms with Crippen LogP contribution in [0.25, 0.3) is 0 Å². The molecule has 0 amide bonds. The summed E-state index contributed by atoms with van der Waals surface area (Å²) >= 11 is 5.53. The summed E-state index contributed by atoms with van der Waals surface area (Å²) in [5, 5.41) is 0.121. The first kappa shape index (κ1) is 7.92. The van der Waals surface area contributed by atoms with Crippen LogP contribution in [0.2, 0.25) is 5.28 Å². The van der Waals surface area contributed by atoms with E-state index in [0.29, 0.717) is 5.69 Å². The maximum absolute atomic E-state index is 13.4. The highest BCUT2D eigenvalue weighted by atomic mass is 35.5. The summed E-state index contributed by atoms with van der Waals surface area (Å²) in [5.41, 5.74) is 0.414. The van der Waals surface area contributed by atoms with E-state index in [1.165, 1.54) is 6.20 Å². The average molecular weight is 187 g/mol. The fourth-order valence-electron chi connectivity index (χ4n) is 1.13. The van der Waals surface area contributed by atoms with Gasteiger partial charge in [0.1, 0.15) is 6.17 Å². The molecule has 1 fully saturated rings. The lowest BCUT2D eigenvalue weighted by atomic mass is 10.2. The Morgan fingerprint density at radius 2 is 2.33 bits per heavy atom. The molecule has 0 spiro atoms. The minimum atomic E-state index is -0.953. The standard InChI is InChI=1S/C8H8ClFN2/c9-8-11-4-3-6(12-8)7(10)5-1-2-5/h3-5,7H,1-2H2.